The molecule has 1 rings (SSSR count). The molecule has 0 unspecified atom stereocenters. The van der Waals surface area contributed by atoms with E-state index in [0.717, 1.165) is 6.21 Å². The Morgan fingerprint density at radius 2 is 1.83 bits per heavy atom. The summed E-state index contributed by atoms with van der Waals surface area (Å²) < 4.78 is 9.95. The van der Waals surface area contributed by atoms with Crippen molar-refractivity contribution in [1.82, 2.24) is 0 Å². The van der Waals surface area contributed by atoms with Crippen LogP contribution in [0.25, 0.3) is 0 Å². The lowest BCUT2D eigenvalue weighted by atomic mass is 10.4. The van der Waals surface area contributed by atoms with Crippen molar-refractivity contribution in [1.29, 1.82) is 5.41 Å². The molecule has 0 aromatic heterocycles. The molecule has 0 saturated carbocycles. The first-order valence-corrected chi connectivity index (χ1v) is 4.01. The van der Waals surface area contributed by atoms with E-state index in [1.54, 1.807) is 6.08 Å². The maximum atomic E-state index is 6.89. The zero-order chi connectivity index (χ0) is 9.40. The van der Waals surface area contributed by atoms with Gasteiger partial charge in [-0.25, -0.2) is 0 Å². The predicted octanol–water partition coefficient (Wildman–Crippen LogP) is 2.45. The molecule has 68 valence electrons. The summed E-state index contributed by atoms with van der Waals surface area (Å²) >= 11 is 0. The molecule has 0 fully saturated rings. The van der Waals surface area contributed by atoms with Gasteiger partial charge >= 0.3 is 0 Å². The summed E-state index contributed by atoms with van der Waals surface area (Å²) in [5.74, 6) is 1.13. The van der Waals surface area contributed by atoms with Gasteiger partial charge in [0.1, 0.15) is 0 Å². The van der Waals surface area contributed by atoms with E-state index in [0.29, 0.717) is 11.5 Å². The van der Waals surface area contributed by atoms with Gasteiger partial charge in [0.25, 0.3) is 0 Å². The van der Waals surface area contributed by atoms with Crippen LogP contribution in [-0.4, -0.2) is 13.0 Å². The number of rotatable bonds is 2. The maximum absolute atomic E-state index is 6.89. The number of ether oxygens (including phenoxy) is 2. The highest BCUT2D eigenvalue weighted by atomic mass is 16.7. The van der Waals surface area contributed by atoms with Crippen molar-refractivity contribution < 1.29 is 9.47 Å². The highest BCUT2D eigenvalue weighted by Crippen LogP contribution is 2.14. The first-order valence-electron chi connectivity index (χ1n) is 4.01. The Morgan fingerprint density at radius 3 is 2.33 bits per heavy atom. The normalized spacial score (nSPS) is 14.9. The van der Waals surface area contributed by atoms with Gasteiger partial charge in [0.05, 0.1) is 6.21 Å². The Kier molecular flexibility index (Phi) is 5.79. The first kappa shape index (κ1) is 10.8. The third kappa shape index (κ3) is 2.78. The van der Waals surface area contributed by atoms with Crippen molar-refractivity contribution in [2.24, 2.45) is 0 Å². The van der Waals surface area contributed by atoms with Crippen LogP contribution in [0.4, 0.5) is 0 Å². The second-order valence-electron chi connectivity index (χ2n) is 1.78. The van der Waals surface area contributed by atoms with Crippen LogP contribution in [0.3, 0.4) is 0 Å². The molecule has 1 aliphatic heterocycles. The highest BCUT2D eigenvalue weighted by molar-refractivity contribution is 5.74. The summed E-state index contributed by atoms with van der Waals surface area (Å²) in [4.78, 5) is 0. The fourth-order valence-electron chi connectivity index (χ4n) is 0.693. The number of allylic oxidation sites excluding steroid dienone is 3. The van der Waals surface area contributed by atoms with E-state index >= 15 is 0 Å². The van der Waals surface area contributed by atoms with Gasteiger partial charge in [0.15, 0.2) is 11.5 Å². The van der Waals surface area contributed by atoms with E-state index < -0.39 is 0 Å². The van der Waals surface area contributed by atoms with Crippen LogP contribution in [-0.2, 0) is 9.47 Å². The molecule has 0 radical (unpaired) electrons. The molecule has 0 bridgehead atoms. The standard InChI is InChI=1S/C7H9NO2.C2H6/c1-2-3-6-7(4-8)10-5-9-6;1-2/h2-4,8H,5H2,1H3;1-2H3/b3-2-,8-4?;. The Hall–Kier alpha value is -1.25. The SMILES string of the molecule is C/C=C\C1=C(C=N)OCO1.CC. The lowest BCUT2D eigenvalue weighted by Gasteiger charge is -1.89. The fourth-order valence-corrected chi connectivity index (χ4v) is 0.693. The zero-order valence-corrected chi connectivity index (χ0v) is 7.76. The molecule has 0 saturated heterocycles. The Bertz CT molecular complexity index is 195. The average Bonchev–Trinajstić information content (AvgIpc) is 2.56. The van der Waals surface area contributed by atoms with E-state index in [1.807, 2.05) is 26.8 Å². The van der Waals surface area contributed by atoms with Crippen LogP contribution in [0.1, 0.15) is 20.8 Å². The summed E-state index contributed by atoms with van der Waals surface area (Å²) in [6.07, 6.45) is 4.75. The third-order valence-corrected chi connectivity index (χ3v) is 1.12. The summed E-state index contributed by atoms with van der Waals surface area (Å²) in [5, 5.41) is 6.89. The Balaban J connectivity index is 0.000000561. The molecule has 0 aromatic carbocycles. The van der Waals surface area contributed by atoms with Crippen LogP contribution in [0, 0.1) is 5.41 Å². The second-order valence-corrected chi connectivity index (χ2v) is 1.78. The minimum Gasteiger partial charge on any atom is -0.454 e. The van der Waals surface area contributed by atoms with E-state index in [9.17, 15) is 0 Å². The summed E-state index contributed by atoms with van der Waals surface area (Å²) in [6, 6.07) is 0. The van der Waals surface area contributed by atoms with Crippen LogP contribution in [0.5, 0.6) is 0 Å². The van der Waals surface area contributed by atoms with Crippen LogP contribution < -0.4 is 0 Å². The minimum absolute atomic E-state index is 0.227. The molecule has 0 spiro atoms. The van der Waals surface area contributed by atoms with Gasteiger partial charge in [-0.3, -0.25) is 0 Å². The minimum atomic E-state index is 0.227. The first-order chi connectivity index (χ1) is 5.88. The molecular formula is C9H15NO2. The lowest BCUT2D eigenvalue weighted by molar-refractivity contribution is 0.0799. The van der Waals surface area contributed by atoms with Crippen molar-refractivity contribution in [3.8, 4) is 0 Å². The molecule has 12 heavy (non-hydrogen) atoms. The van der Waals surface area contributed by atoms with E-state index in [-0.39, 0.29) is 6.79 Å². The average molecular weight is 169 g/mol. The van der Waals surface area contributed by atoms with Crippen LogP contribution >= 0.6 is 0 Å². The van der Waals surface area contributed by atoms with Gasteiger partial charge < -0.3 is 14.9 Å². The van der Waals surface area contributed by atoms with E-state index in [1.165, 1.54) is 0 Å². The van der Waals surface area contributed by atoms with Crippen LogP contribution in [0.15, 0.2) is 23.7 Å². The zero-order valence-electron chi connectivity index (χ0n) is 7.76. The quantitative estimate of drug-likeness (QED) is 0.645. The molecule has 3 nitrogen and oxygen atoms in total. The molecule has 1 N–H and O–H groups in total. The van der Waals surface area contributed by atoms with Crippen molar-refractivity contribution in [2.45, 2.75) is 20.8 Å². The summed E-state index contributed by atoms with van der Waals surface area (Å²) in [5.41, 5.74) is 0. The largest absolute Gasteiger partial charge is 0.454 e. The smallest absolute Gasteiger partial charge is 0.231 e. The van der Waals surface area contributed by atoms with Gasteiger partial charge in [0.2, 0.25) is 6.79 Å². The van der Waals surface area contributed by atoms with Gasteiger partial charge in [-0.1, -0.05) is 19.9 Å². The van der Waals surface area contributed by atoms with Gasteiger partial charge in [-0.2, -0.15) is 0 Å². The Labute approximate surface area is 73.2 Å². The van der Waals surface area contributed by atoms with Crippen molar-refractivity contribution in [3.05, 3.63) is 23.7 Å². The van der Waals surface area contributed by atoms with Gasteiger partial charge in [-0.05, 0) is 13.0 Å². The van der Waals surface area contributed by atoms with Crippen molar-refractivity contribution in [3.63, 3.8) is 0 Å². The molecule has 0 aliphatic carbocycles. The topological polar surface area (TPSA) is 42.3 Å². The molecule has 1 heterocycles. The van der Waals surface area contributed by atoms with Crippen LogP contribution in [0.2, 0.25) is 0 Å². The third-order valence-electron chi connectivity index (χ3n) is 1.12. The molecule has 3 heteroatoms. The number of hydrogen-bond donors (Lipinski definition) is 1. The molecule has 0 aromatic rings. The van der Waals surface area contributed by atoms with Crippen molar-refractivity contribution in [2.75, 3.05) is 6.79 Å². The molecular weight excluding hydrogens is 154 g/mol. The molecule has 0 atom stereocenters. The summed E-state index contributed by atoms with van der Waals surface area (Å²) in [7, 11) is 0. The maximum Gasteiger partial charge on any atom is 0.231 e. The lowest BCUT2D eigenvalue weighted by Crippen LogP contribution is -1.84. The monoisotopic (exact) mass is 169 g/mol. The van der Waals surface area contributed by atoms with Gasteiger partial charge in [-0.15, -0.1) is 0 Å². The van der Waals surface area contributed by atoms with Crippen molar-refractivity contribution >= 4 is 6.21 Å². The number of hydrogen-bond acceptors (Lipinski definition) is 3. The predicted molar refractivity (Wildman–Crippen MR) is 49.0 cm³/mol. The number of nitrogens with one attached hydrogen (secondary N) is 1. The second kappa shape index (κ2) is 6.46. The van der Waals surface area contributed by atoms with Gasteiger partial charge in [0, 0.05) is 0 Å². The molecule has 1 aliphatic rings. The molecule has 0 amide bonds. The highest BCUT2D eigenvalue weighted by Gasteiger charge is 2.11. The van der Waals surface area contributed by atoms with E-state index in [2.05, 4.69) is 0 Å². The fraction of sp³-hybridized carbons (Fsp3) is 0.444. The Morgan fingerprint density at radius 1 is 1.25 bits per heavy atom. The summed E-state index contributed by atoms with van der Waals surface area (Å²) in [6.45, 7) is 6.11. The van der Waals surface area contributed by atoms with E-state index in [4.69, 9.17) is 14.9 Å².